The Kier molecular flexibility index (Phi) is 3.00. The van der Waals surface area contributed by atoms with Crippen LogP contribution in [0.2, 0.25) is 0 Å². The van der Waals surface area contributed by atoms with Gasteiger partial charge in [-0.3, -0.25) is 9.59 Å². The minimum absolute atomic E-state index is 0.117. The smallest absolute Gasteiger partial charge is 0.254 e. The molecule has 146 valence electrons. The molecule has 4 heteroatoms. The Bertz CT molecular complexity index is 1250. The number of rotatable bonds is 2. The number of hydrazone groups is 1. The summed E-state index contributed by atoms with van der Waals surface area (Å²) in [4.78, 5) is 26.4. The van der Waals surface area contributed by atoms with E-state index in [1.165, 1.54) is 0 Å². The lowest BCUT2D eigenvalue weighted by molar-refractivity contribution is -0.141. The number of carbonyl (C=O) groups is 2. The zero-order valence-electron chi connectivity index (χ0n) is 16.4. The molecule has 4 aliphatic rings. The van der Waals surface area contributed by atoms with Crippen LogP contribution in [0.15, 0.2) is 71.9 Å². The number of fused-ring (bicyclic) bond motifs is 5. The van der Waals surface area contributed by atoms with Gasteiger partial charge in [0.15, 0.2) is 0 Å². The standard InChI is InChI=1S/C26H20N2O2/c29-24-22-20-9-10-21(26(20)11-12-26)23(22)25(30)28(24)27-14-19-17-7-3-1-5-15(17)13-16-6-2-4-8-18(16)19/h1-10,13-14,20-23H,11-12H2/b27-14-/t20-,21-,22-,23+/m1/s1. The summed E-state index contributed by atoms with van der Waals surface area (Å²) in [5.74, 6) is -0.208. The molecule has 1 heterocycles. The first-order valence-corrected chi connectivity index (χ1v) is 10.7. The maximum absolute atomic E-state index is 13.2. The van der Waals surface area contributed by atoms with Gasteiger partial charge in [0.2, 0.25) is 0 Å². The molecule has 30 heavy (non-hydrogen) atoms. The highest BCUT2D eigenvalue weighted by Gasteiger charge is 2.73. The Morgan fingerprint density at radius 1 is 0.833 bits per heavy atom. The van der Waals surface area contributed by atoms with E-state index in [4.69, 9.17) is 0 Å². The molecule has 2 saturated carbocycles. The van der Waals surface area contributed by atoms with Crippen LogP contribution in [0.3, 0.4) is 0 Å². The van der Waals surface area contributed by atoms with Gasteiger partial charge in [-0.1, -0.05) is 60.7 Å². The van der Waals surface area contributed by atoms with Crippen LogP contribution >= 0.6 is 0 Å². The Labute approximate surface area is 173 Å². The fraction of sp³-hybridized carbons (Fsp3) is 0.269. The third-order valence-electron chi connectivity index (χ3n) is 7.94. The molecule has 4 atom stereocenters. The molecule has 2 amide bonds. The summed E-state index contributed by atoms with van der Waals surface area (Å²) in [6.45, 7) is 0. The van der Waals surface area contributed by atoms with Crippen LogP contribution in [-0.2, 0) is 9.59 Å². The number of allylic oxidation sites excluding steroid dienone is 2. The van der Waals surface area contributed by atoms with Crippen molar-refractivity contribution in [3.05, 3.63) is 72.3 Å². The maximum atomic E-state index is 13.2. The summed E-state index contributed by atoms with van der Waals surface area (Å²) in [6.07, 6.45) is 8.39. The van der Waals surface area contributed by atoms with Crippen molar-refractivity contribution in [2.45, 2.75) is 12.8 Å². The molecule has 0 unspecified atom stereocenters. The highest BCUT2D eigenvalue weighted by Crippen LogP contribution is 2.73. The van der Waals surface area contributed by atoms with Crippen molar-refractivity contribution in [1.29, 1.82) is 0 Å². The SMILES string of the molecule is O=C1[C@@H]2[C@H](C(=O)N1/N=C\c1c3ccccc3cc3ccccc13)[C@H]1C=C[C@H]2C12CC2. The quantitative estimate of drug-likeness (QED) is 0.279. The van der Waals surface area contributed by atoms with Crippen molar-refractivity contribution < 1.29 is 9.59 Å². The Hall–Kier alpha value is -3.27. The normalized spacial score (nSPS) is 30.5. The molecule has 0 aromatic heterocycles. The number of hydrogen-bond acceptors (Lipinski definition) is 3. The van der Waals surface area contributed by atoms with E-state index < -0.39 is 0 Å². The first kappa shape index (κ1) is 16.5. The lowest BCUT2D eigenvalue weighted by Crippen LogP contribution is -2.30. The topological polar surface area (TPSA) is 49.7 Å². The fourth-order valence-electron chi connectivity index (χ4n) is 6.48. The highest BCUT2D eigenvalue weighted by molar-refractivity contribution is 6.14. The second-order valence-corrected chi connectivity index (χ2v) is 9.19. The zero-order valence-corrected chi connectivity index (χ0v) is 16.4. The molecule has 0 N–H and O–H groups in total. The predicted molar refractivity (Wildman–Crippen MR) is 116 cm³/mol. The van der Waals surface area contributed by atoms with Gasteiger partial charge in [0, 0.05) is 5.56 Å². The van der Waals surface area contributed by atoms with Crippen molar-refractivity contribution in [3.63, 3.8) is 0 Å². The van der Waals surface area contributed by atoms with Crippen LogP contribution < -0.4 is 0 Å². The summed E-state index contributed by atoms with van der Waals surface area (Å²) in [5.41, 5.74) is 1.16. The van der Waals surface area contributed by atoms with Gasteiger partial charge < -0.3 is 0 Å². The van der Waals surface area contributed by atoms with Gasteiger partial charge >= 0.3 is 0 Å². The van der Waals surface area contributed by atoms with Crippen LogP contribution in [0.25, 0.3) is 21.5 Å². The molecule has 7 rings (SSSR count). The molecule has 3 aromatic rings. The van der Waals surface area contributed by atoms with Crippen LogP contribution in [0.1, 0.15) is 18.4 Å². The van der Waals surface area contributed by atoms with Crippen LogP contribution in [0.5, 0.6) is 0 Å². The summed E-state index contributed by atoms with van der Waals surface area (Å²) < 4.78 is 0. The molecular weight excluding hydrogens is 372 g/mol. The first-order chi connectivity index (χ1) is 14.7. The van der Waals surface area contributed by atoms with Gasteiger partial charge in [0.1, 0.15) is 0 Å². The van der Waals surface area contributed by atoms with Crippen LogP contribution in [0, 0.1) is 29.1 Å². The van der Waals surface area contributed by atoms with Crippen molar-refractivity contribution in [2.24, 2.45) is 34.2 Å². The third-order valence-corrected chi connectivity index (χ3v) is 7.94. The van der Waals surface area contributed by atoms with E-state index in [0.717, 1.165) is 45.0 Å². The van der Waals surface area contributed by atoms with E-state index in [1.807, 2.05) is 24.3 Å². The zero-order chi connectivity index (χ0) is 20.0. The average Bonchev–Trinajstić information content (AvgIpc) is 3.37. The van der Waals surface area contributed by atoms with Gasteiger partial charge in [0.25, 0.3) is 11.8 Å². The van der Waals surface area contributed by atoms with Crippen molar-refractivity contribution in [1.82, 2.24) is 5.01 Å². The summed E-state index contributed by atoms with van der Waals surface area (Å²) in [5, 5.41) is 10.0. The van der Waals surface area contributed by atoms with Gasteiger partial charge in [-0.05, 0) is 57.7 Å². The number of hydrogen-bond donors (Lipinski definition) is 0. The number of benzene rings is 3. The van der Waals surface area contributed by atoms with E-state index in [1.54, 1.807) is 6.21 Å². The van der Waals surface area contributed by atoms with E-state index >= 15 is 0 Å². The lowest BCUT2D eigenvalue weighted by atomic mass is 9.85. The van der Waals surface area contributed by atoms with Crippen molar-refractivity contribution in [3.8, 4) is 0 Å². The fourth-order valence-corrected chi connectivity index (χ4v) is 6.48. The molecule has 2 bridgehead atoms. The lowest BCUT2D eigenvalue weighted by Gasteiger charge is -2.18. The van der Waals surface area contributed by atoms with Crippen molar-refractivity contribution >= 4 is 39.6 Å². The summed E-state index contributed by atoms with van der Waals surface area (Å²) >= 11 is 0. The minimum Gasteiger partial charge on any atom is -0.272 e. The molecule has 3 aliphatic carbocycles. The predicted octanol–water partition coefficient (Wildman–Crippen LogP) is 4.52. The summed E-state index contributed by atoms with van der Waals surface area (Å²) in [7, 11) is 0. The van der Waals surface area contributed by atoms with Gasteiger partial charge in [-0.25, -0.2) is 0 Å². The number of imide groups is 1. The third kappa shape index (κ3) is 1.89. The van der Waals surface area contributed by atoms with Crippen molar-refractivity contribution in [2.75, 3.05) is 0 Å². The second kappa shape index (κ2) is 5.45. The molecule has 1 saturated heterocycles. The van der Waals surface area contributed by atoms with E-state index in [9.17, 15) is 9.59 Å². The van der Waals surface area contributed by atoms with Gasteiger partial charge in [-0.15, -0.1) is 0 Å². The average molecular weight is 392 g/mol. The molecular formula is C26H20N2O2. The molecule has 4 nitrogen and oxygen atoms in total. The Morgan fingerprint density at radius 2 is 1.37 bits per heavy atom. The Balaban J connectivity index is 1.32. The molecule has 0 radical (unpaired) electrons. The Morgan fingerprint density at radius 3 is 1.90 bits per heavy atom. The molecule has 3 aromatic carbocycles. The monoisotopic (exact) mass is 392 g/mol. The largest absolute Gasteiger partial charge is 0.272 e. The van der Waals surface area contributed by atoms with Crippen LogP contribution in [0.4, 0.5) is 0 Å². The molecule has 1 aliphatic heterocycles. The minimum atomic E-state index is -0.212. The van der Waals surface area contributed by atoms with Gasteiger partial charge in [-0.2, -0.15) is 10.1 Å². The van der Waals surface area contributed by atoms with E-state index in [-0.39, 0.29) is 40.9 Å². The van der Waals surface area contributed by atoms with Crippen LogP contribution in [-0.4, -0.2) is 23.0 Å². The maximum Gasteiger partial charge on any atom is 0.254 e. The number of amides is 2. The molecule has 3 fully saturated rings. The second-order valence-electron chi connectivity index (χ2n) is 9.19. The number of nitrogens with zero attached hydrogens (tertiary/aromatic N) is 2. The summed E-state index contributed by atoms with van der Waals surface area (Å²) in [6, 6.07) is 18.5. The first-order valence-electron chi connectivity index (χ1n) is 10.7. The van der Waals surface area contributed by atoms with E-state index in [0.29, 0.717) is 0 Å². The van der Waals surface area contributed by atoms with Gasteiger partial charge in [0.05, 0.1) is 18.1 Å². The highest BCUT2D eigenvalue weighted by atomic mass is 16.2. The number of carbonyl (C=O) groups excluding carboxylic acids is 2. The molecule has 1 spiro atoms. The van der Waals surface area contributed by atoms with E-state index in [2.05, 4.69) is 47.6 Å².